The number of hydrogen-bond acceptors (Lipinski definition) is 1. The molecule has 0 saturated carbocycles. The van der Waals surface area contributed by atoms with Crippen molar-refractivity contribution < 1.29 is 0 Å². The van der Waals surface area contributed by atoms with Crippen molar-refractivity contribution in [3.8, 4) is 11.8 Å². The van der Waals surface area contributed by atoms with E-state index in [1.807, 2.05) is 0 Å². The number of imidazole rings is 1. The van der Waals surface area contributed by atoms with Gasteiger partial charge in [0.05, 0.1) is 0 Å². The summed E-state index contributed by atoms with van der Waals surface area (Å²) in [5, 5.41) is 0. The van der Waals surface area contributed by atoms with E-state index >= 15 is 0 Å². The van der Waals surface area contributed by atoms with E-state index < -0.39 is 0 Å². The molecule has 1 aromatic heterocycles. The Morgan fingerprint density at radius 3 is 3.20 bits per heavy atom. The molecule has 0 saturated heterocycles. The van der Waals surface area contributed by atoms with Gasteiger partial charge in [-0.25, -0.2) is 4.98 Å². The summed E-state index contributed by atoms with van der Waals surface area (Å²) in [7, 11) is 0. The van der Waals surface area contributed by atoms with Crippen LogP contribution >= 0.6 is 11.6 Å². The van der Waals surface area contributed by atoms with Gasteiger partial charge in [0, 0.05) is 24.7 Å². The molecule has 3 heteroatoms. The monoisotopic (exact) mass is 154 g/mol. The first-order chi connectivity index (χ1) is 4.93. The van der Waals surface area contributed by atoms with Gasteiger partial charge in [0.15, 0.2) is 5.82 Å². The maximum atomic E-state index is 5.41. The second-order valence-corrected chi connectivity index (χ2v) is 2.06. The lowest BCUT2D eigenvalue weighted by Crippen LogP contribution is -1.75. The Hall–Kier alpha value is -0.940. The van der Waals surface area contributed by atoms with E-state index in [0.717, 1.165) is 0 Å². The van der Waals surface area contributed by atoms with Crippen LogP contribution in [0.3, 0.4) is 0 Å². The normalized spacial score (nSPS) is 8.50. The quantitative estimate of drug-likeness (QED) is 0.481. The Labute approximate surface area is 64.6 Å². The van der Waals surface area contributed by atoms with Crippen LogP contribution < -0.4 is 0 Å². The summed E-state index contributed by atoms with van der Waals surface area (Å²) in [6.07, 6.45) is 4.12. The summed E-state index contributed by atoms with van der Waals surface area (Å²) in [4.78, 5) is 6.78. The van der Waals surface area contributed by atoms with Crippen molar-refractivity contribution in [1.29, 1.82) is 0 Å². The zero-order valence-electron chi connectivity index (χ0n) is 5.39. The Morgan fingerprint density at radius 2 is 2.60 bits per heavy atom. The minimum Gasteiger partial charge on any atom is -0.338 e. The van der Waals surface area contributed by atoms with Crippen molar-refractivity contribution in [2.45, 2.75) is 6.42 Å². The highest BCUT2D eigenvalue weighted by Gasteiger charge is 1.82. The molecule has 52 valence electrons. The highest BCUT2D eigenvalue weighted by molar-refractivity contribution is 6.18. The van der Waals surface area contributed by atoms with Gasteiger partial charge in [0.2, 0.25) is 0 Å². The second-order valence-electron chi connectivity index (χ2n) is 1.68. The molecule has 0 aliphatic carbocycles. The van der Waals surface area contributed by atoms with Gasteiger partial charge in [-0.1, -0.05) is 5.92 Å². The van der Waals surface area contributed by atoms with Crippen LogP contribution in [0, 0.1) is 11.8 Å². The third-order valence-corrected chi connectivity index (χ3v) is 1.11. The summed E-state index contributed by atoms with van der Waals surface area (Å²) in [5.74, 6) is 6.96. The van der Waals surface area contributed by atoms with E-state index in [1.54, 1.807) is 12.4 Å². The van der Waals surface area contributed by atoms with E-state index in [9.17, 15) is 0 Å². The molecule has 2 nitrogen and oxygen atoms in total. The standard InChI is InChI=1S/C7H7ClN2/c8-4-2-1-3-7-9-5-6-10-7/h5-6H,2,4H2,(H,9,10). The van der Waals surface area contributed by atoms with Crippen LogP contribution in [0.2, 0.25) is 0 Å². The molecule has 0 aliphatic rings. The van der Waals surface area contributed by atoms with Gasteiger partial charge < -0.3 is 4.98 Å². The molecule has 0 unspecified atom stereocenters. The number of rotatable bonds is 1. The summed E-state index contributed by atoms with van der Waals surface area (Å²) in [5.41, 5.74) is 0. The van der Waals surface area contributed by atoms with Crippen LogP contribution in [0.1, 0.15) is 12.2 Å². The van der Waals surface area contributed by atoms with Gasteiger partial charge in [0.1, 0.15) is 0 Å². The molecule has 0 bridgehead atoms. The number of halogens is 1. The number of aromatic amines is 1. The van der Waals surface area contributed by atoms with Crippen LogP contribution in [0.4, 0.5) is 0 Å². The SMILES string of the molecule is ClCCC#Cc1ncc[nH]1. The lowest BCUT2D eigenvalue weighted by atomic mass is 10.4. The maximum Gasteiger partial charge on any atom is 0.182 e. The molecular weight excluding hydrogens is 148 g/mol. The number of H-pyrrole nitrogens is 1. The van der Waals surface area contributed by atoms with Gasteiger partial charge in [-0.3, -0.25) is 0 Å². The van der Waals surface area contributed by atoms with Crippen molar-refractivity contribution in [2.24, 2.45) is 0 Å². The number of nitrogens with zero attached hydrogens (tertiary/aromatic N) is 1. The minimum absolute atomic E-state index is 0.577. The van der Waals surface area contributed by atoms with Crippen LogP contribution in [0.5, 0.6) is 0 Å². The summed E-state index contributed by atoms with van der Waals surface area (Å²) in [6, 6.07) is 0. The molecule has 0 amide bonds. The predicted molar refractivity (Wildman–Crippen MR) is 40.8 cm³/mol. The van der Waals surface area contributed by atoms with E-state index in [1.165, 1.54) is 0 Å². The van der Waals surface area contributed by atoms with Crippen LogP contribution in [-0.2, 0) is 0 Å². The van der Waals surface area contributed by atoms with Crippen LogP contribution in [-0.4, -0.2) is 15.8 Å². The predicted octanol–water partition coefficient (Wildman–Crippen LogP) is 1.39. The van der Waals surface area contributed by atoms with Crippen LogP contribution in [0.15, 0.2) is 12.4 Å². The molecule has 1 N–H and O–H groups in total. The molecule has 0 aromatic carbocycles. The average molecular weight is 155 g/mol. The first-order valence-electron chi connectivity index (χ1n) is 2.97. The fourth-order valence-corrected chi connectivity index (χ4v) is 0.622. The molecule has 1 rings (SSSR count). The average Bonchev–Trinajstić information content (AvgIpc) is 2.41. The van der Waals surface area contributed by atoms with Crippen molar-refractivity contribution in [3.05, 3.63) is 18.2 Å². The lowest BCUT2D eigenvalue weighted by molar-refractivity contribution is 1.24. The number of alkyl halides is 1. The van der Waals surface area contributed by atoms with E-state index in [4.69, 9.17) is 11.6 Å². The first-order valence-corrected chi connectivity index (χ1v) is 3.51. The number of aromatic nitrogens is 2. The fourth-order valence-electron chi connectivity index (χ4n) is 0.527. The van der Waals surface area contributed by atoms with Gasteiger partial charge >= 0.3 is 0 Å². The topological polar surface area (TPSA) is 28.7 Å². The zero-order valence-corrected chi connectivity index (χ0v) is 6.15. The highest BCUT2D eigenvalue weighted by Crippen LogP contribution is 1.85. The fraction of sp³-hybridized carbons (Fsp3) is 0.286. The third-order valence-electron chi connectivity index (χ3n) is 0.925. The molecule has 0 atom stereocenters. The Balaban J connectivity index is 2.49. The molecular formula is C7H7ClN2. The lowest BCUT2D eigenvalue weighted by Gasteiger charge is -1.76. The molecule has 0 spiro atoms. The molecule has 0 aliphatic heterocycles. The maximum absolute atomic E-state index is 5.41. The van der Waals surface area contributed by atoms with E-state index in [-0.39, 0.29) is 0 Å². The molecule has 1 heterocycles. The summed E-state index contributed by atoms with van der Waals surface area (Å²) < 4.78 is 0. The highest BCUT2D eigenvalue weighted by atomic mass is 35.5. The van der Waals surface area contributed by atoms with Crippen molar-refractivity contribution >= 4 is 11.6 Å². The Kier molecular flexibility index (Phi) is 2.85. The smallest absolute Gasteiger partial charge is 0.182 e. The minimum atomic E-state index is 0.577. The Bertz CT molecular complexity index is 230. The Morgan fingerprint density at radius 1 is 1.70 bits per heavy atom. The molecule has 0 radical (unpaired) electrons. The summed E-state index contributed by atoms with van der Waals surface area (Å²) >= 11 is 5.41. The molecule has 0 fully saturated rings. The van der Waals surface area contributed by atoms with Crippen molar-refractivity contribution in [2.75, 3.05) is 5.88 Å². The van der Waals surface area contributed by atoms with Crippen molar-refractivity contribution in [1.82, 2.24) is 9.97 Å². The van der Waals surface area contributed by atoms with Crippen LogP contribution in [0.25, 0.3) is 0 Å². The third kappa shape index (κ3) is 2.12. The van der Waals surface area contributed by atoms with Gasteiger partial charge in [0.25, 0.3) is 0 Å². The molecule has 1 aromatic rings. The van der Waals surface area contributed by atoms with Gasteiger partial charge in [-0.15, -0.1) is 11.6 Å². The number of hydrogen-bond donors (Lipinski definition) is 1. The largest absolute Gasteiger partial charge is 0.338 e. The zero-order chi connectivity index (χ0) is 7.23. The van der Waals surface area contributed by atoms with Gasteiger partial charge in [-0.05, 0) is 5.92 Å². The van der Waals surface area contributed by atoms with E-state index in [2.05, 4.69) is 21.8 Å². The van der Waals surface area contributed by atoms with Crippen molar-refractivity contribution in [3.63, 3.8) is 0 Å². The first kappa shape index (κ1) is 7.17. The molecule has 10 heavy (non-hydrogen) atoms. The summed E-state index contributed by atoms with van der Waals surface area (Å²) in [6.45, 7) is 0. The van der Waals surface area contributed by atoms with Gasteiger partial charge in [-0.2, -0.15) is 0 Å². The number of nitrogens with one attached hydrogen (secondary N) is 1. The van der Waals surface area contributed by atoms with E-state index in [0.29, 0.717) is 18.1 Å². The second kappa shape index (κ2) is 3.97.